The zero-order valence-corrected chi connectivity index (χ0v) is 20.1. The Bertz CT molecular complexity index is 1180. The molecule has 0 N–H and O–H groups in total. The van der Waals surface area contributed by atoms with E-state index >= 15 is 0 Å². The highest BCUT2D eigenvalue weighted by Crippen LogP contribution is 2.25. The summed E-state index contributed by atoms with van der Waals surface area (Å²) in [5, 5.41) is 0.905. The van der Waals surface area contributed by atoms with E-state index in [0.29, 0.717) is 43.7 Å². The first-order valence-electron chi connectivity index (χ1n) is 11.9. The van der Waals surface area contributed by atoms with Crippen LogP contribution < -0.4 is 15.4 Å². The number of aromatic nitrogens is 1. The van der Waals surface area contributed by atoms with E-state index in [4.69, 9.17) is 9.15 Å². The number of anilines is 2. The summed E-state index contributed by atoms with van der Waals surface area (Å²) in [5.41, 5.74) is 2.67. The van der Waals surface area contributed by atoms with Crippen molar-refractivity contribution in [1.82, 2.24) is 9.88 Å². The number of fused-ring (bicyclic) bond motifs is 1. The van der Waals surface area contributed by atoms with Crippen molar-refractivity contribution < 1.29 is 13.9 Å². The van der Waals surface area contributed by atoms with E-state index in [0.717, 1.165) is 35.5 Å². The Hall–Kier alpha value is -3.55. The third kappa shape index (κ3) is 5.00. The first-order chi connectivity index (χ1) is 16.5. The number of hydrogen-bond acceptors (Lipinski definition) is 7. The average molecular weight is 465 g/mol. The van der Waals surface area contributed by atoms with E-state index in [1.807, 2.05) is 37.3 Å². The number of pyridine rings is 1. The van der Waals surface area contributed by atoms with E-state index in [2.05, 4.69) is 34.7 Å². The zero-order chi connectivity index (χ0) is 24.1. The second-order valence-corrected chi connectivity index (χ2v) is 8.37. The molecule has 2 aromatic heterocycles. The summed E-state index contributed by atoms with van der Waals surface area (Å²) in [4.78, 5) is 35.6. The predicted molar refractivity (Wildman–Crippen MR) is 134 cm³/mol. The van der Waals surface area contributed by atoms with Crippen molar-refractivity contribution in [1.29, 1.82) is 0 Å². The molecule has 0 atom stereocenters. The molecule has 34 heavy (non-hydrogen) atoms. The maximum atomic E-state index is 12.7. The molecule has 0 unspecified atom stereocenters. The van der Waals surface area contributed by atoms with Gasteiger partial charge in [-0.25, -0.2) is 14.6 Å². The van der Waals surface area contributed by atoms with Crippen molar-refractivity contribution in [2.75, 3.05) is 55.7 Å². The molecule has 4 rings (SSSR count). The molecule has 8 heteroatoms. The topological polar surface area (TPSA) is 79.1 Å². The number of carbonyl (C=O) groups is 1. The van der Waals surface area contributed by atoms with Gasteiger partial charge in [0.15, 0.2) is 0 Å². The molecule has 0 bridgehead atoms. The van der Waals surface area contributed by atoms with Gasteiger partial charge < -0.3 is 23.9 Å². The van der Waals surface area contributed by atoms with Crippen molar-refractivity contribution in [2.45, 2.75) is 27.2 Å². The van der Waals surface area contributed by atoms with Crippen molar-refractivity contribution >= 4 is 28.6 Å². The van der Waals surface area contributed by atoms with Gasteiger partial charge in [0, 0.05) is 74.6 Å². The third-order valence-corrected chi connectivity index (χ3v) is 6.49. The number of carbonyl (C=O) groups excluding carboxylic acids is 1. The van der Waals surface area contributed by atoms with Crippen LogP contribution in [0, 0.1) is 6.92 Å². The number of aryl methyl sites for hydroxylation is 1. The lowest BCUT2D eigenvalue weighted by Crippen LogP contribution is -2.49. The molecule has 1 aromatic carbocycles. The van der Waals surface area contributed by atoms with Crippen LogP contribution in [0.4, 0.5) is 16.3 Å². The summed E-state index contributed by atoms with van der Waals surface area (Å²) in [7, 11) is 0. The van der Waals surface area contributed by atoms with Gasteiger partial charge in [0.05, 0.1) is 6.61 Å². The second kappa shape index (κ2) is 10.6. The second-order valence-electron chi connectivity index (χ2n) is 8.37. The maximum absolute atomic E-state index is 12.7. The van der Waals surface area contributed by atoms with Crippen LogP contribution in [-0.4, -0.2) is 61.9 Å². The Kier molecular flexibility index (Phi) is 7.35. The lowest BCUT2D eigenvalue weighted by Gasteiger charge is -2.34. The first kappa shape index (κ1) is 23.6. The summed E-state index contributed by atoms with van der Waals surface area (Å²) in [5.74, 6) is 0.915. The van der Waals surface area contributed by atoms with E-state index in [1.54, 1.807) is 11.1 Å². The molecule has 0 saturated carbocycles. The Morgan fingerprint density at radius 3 is 2.56 bits per heavy atom. The quantitative estimate of drug-likeness (QED) is 0.492. The van der Waals surface area contributed by atoms with Gasteiger partial charge in [0.1, 0.15) is 11.4 Å². The fraction of sp³-hybridized carbons (Fsp3) is 0.423. The maximum Gasteiger partial charge on any atom is 0.409 e. The minimum absolute atomic E-state index is 0.133. The fourth-order valence-electron chi connectivity index (χ4n) is 4.45. The minimum Gasteiger partial charge on any atom is -0.449 e. The molecule has 1 fully saturated rings. The van der Waals surface area contributed by atoms with E-state index in [9.17, 15) is 9.59 Å². The first-order valence-corrected chi connectivity index (χ1v) is 11.9. The van der Waals surface area contributed by atoms with Crippen LogP contribution in [0.2, 0.25) is 0 Å². The molecule has 0 radical (unpaired) electrons. The molecule has 180 valence electrons. The normalized spacial score (nSPS) is 13.9. The standard InChI is InChI=1S/C26H32N4O4/c1-4-28(5-2)20-9-10-21-19(3)22(25(31)34-23(21)18-20)11-17-33-26(32)30-15-13-29(14-16-30)24-8-6-7-12-27-24/h6-10,12,18H,4-5,11,13-17H2,1-3H3. The van der Waals surface area contributed by atoms with Gasteiger partial charge in [-0.2, -0.15) is 0 Å². The van der Waals surface area contributed by atoms with Crippen LogP contribution in [0.1, 0.15) is 25.0 Å². The predicted octanol–water partition coefficient (Wildman–Crippen LogP) is 3.84. The van der Waals surface area contributed by atoms with Crippen LogP contribution in [-0.2, 0) is 11.2 Å². The van der Waals surface area contributed by atoms with E-state index in [-0.39, 0.29) is 18.3 Å². The lowest BCUT2D eigenvalue weighted by molar-refractivity contribution is 0.101. The summed E-state index contributed by atoms with van der Waals surface area (Å²) in [6.45, 7) is 10.6. The largest absolute Gasteiger partial charge is 0.449 e. The van der Waals surface area contributed by atoms with Crippen LogP contribution in [0.15, 0.2) is 51.8 Å². The summed E-state index contributed by atoms with van der Waals surface area (Å²) >= 11 is 0. The molecule has 1 aliphatic rings. The number of hydrogen-bond donors (Lipinski definition) is 0. The average Bonchev–Trinajstić information content (AvgIpc) is 2.87. The van der Waals surface area contributed by atoms with Gasteiger partial charge in [0.2, 0.25) is 0 Å². The van der Waals surface area contributed by atoms with Crippen molar-refractivity contribution in [3.8, 4) is 0 Å². The molecule has 3 aromatic rings. The number of rotatable bonds is 7. The van der Waals surface area contributed by atoms with Crippen LogP contribution in [0.3, 0.4) is 0 Å². The highest BCUT2D eigenvalue weighted by atomic mass is 16.6. The summed E-state index contributed by atoms with van der Waals surface area (Å²) in [6.07, 6.45) is 1.74. The van der Waals surface area contributed by atoms with Gasteiger partial charge >= 0.3 is 11.7 Å². The Labute approximate surface area is 199 Å². The van der Waals surface area contributed by atoms with Crippen LogP contribution in [0.25, 0.3) is 11.0 Å². The Morgan fingerprint density at radius 1 is 1.12 bits per heavy atom. The van der Waals surface area contributed by atoms with E-state index < -0.39 is 0 Å². The number of amides is 1. The lowest BCUT2D eigenvalue weighted by atomic mass is 10.0. The summed E-state index contributed by atoms with van der Waals surface area (Å²) < 4.78 is 11.1. The van der Waals surface area contributed by atoms with Crippen LogP contribution >= 0.6 is 0 Å². The molecule has 3 heterocycles. The molecular weight excluding hydrogens is 432 g/mol. The number of ether oxygens (including phenoxy) is 1. The molecular formula is C26H32N4O4. The highest BCUT2D eigenvalue weighted by Gasteiger charge is 2.23. The number of piperazine rings is 1. The Morgan fingerprint density at radius 2 is 1.88 bits per heavy atom. The molecule has 1 saturated heterocycles. The van der Waals surface area contributed by atoms with Crippen molar-refractivity contribution in [3.05, 3.63) is 64.1 Å². The smallest absolute Gasteiger partial charge is 0.409 e. The fourth-order valence-corrected chi connectivity index (χ4v) is 4.45. The highest BCUT2D eigenvalue weighted by molar-refractivity contribution is 5.84. The molecule has 0 aliphatic carbocycles. The zero-order valence-electron chi connectivity index (χ0n) is 20.1. The monoisotopic (exact) mass is 464 g/mol. The van der Waals surface area contributed by atoms with Crippen molar-refractivity contribution in [2.24, 2.45) is 0 Å². The molecule has 8 nitrogen and oxygen atoms in total. The van der Waals surface area contributed by atoms with Gasteiger partial charge in [-0.3, -0.25) is 0 Å². The number of nitrogens with zero attached hydrogens (tertiary/aromatic N) is 4. The molecule has 0 spiro atoms. The van der Waals surface area contributed by atoms with Gasteiger partial charge in [-0.15, -0.1) is 0 Å². The minimum atomic E-state index is -0.373. The third-order valence-electron chi connectivity index (χ3n) is 6.49. The molecule has 1 amide bonds. The van der Waals surface area contributed by atoms with Crippen LogP contribution in [0.5, 0.6) is 0 Å². The van der Waals surface area contributed by atoms with Gasteiger partial charge in [-0.1, -0.05) is 6.07 Å². The molecule has 1 aliphatic heterocycles. The van der Waals surface area contributed by atoms with Gasteiger partial charge in [0.25, 0.3) is 0 Å². The number of benzene rings is 1. The Balaban J connectivity index is 1.35. The van der Waals surface area contributed by atoms with Crippen molar-refractivity contribution in [3.63, 3.8) is 0 Å². The van der Waals surface area contributed by atoms with Gasteiger partial charge in [-0.05, 0) is 50.6 Å². The SMILES string of the molecule is CCN(CC)c1ccc2c(C)c(CCOC(=O)N3CCN(c4ccccn4)CC3)c(=O)oc2c1. The summed E-state index contributed by atoms with van der Waals surface area (Å²) in [6, 6.07) is 11.8. The van der Waals surface area contributed by atoms with E-state index in [1.165, 1.54) is 0 Å².